The Labute approximate surface area is 197 Å². The van der Waals surface area contributed by atoms with Crippen molar-refractivity contribution in [2.24, 2.45) is 4.99 Å². The van der Waals surface area contributed by atoms with E-state index in [2.05, 4.69) is 29.4 Å². The molecule has 1 fully saturated rings. The minimum atomic E-state index is 0. The van der Waals surface area contributed by atoms with E-state index in [-0.39, 0.29) is 24.0 Å². The molecule has 6 nitrogen and oxygen atoms in total. The number of likely N-dealkylation sites (tertiary alicyclic amines) is 1. The second kappa shape index (κ2) is 14.1. The molecule has 1 aliphatic rings. The van der Waals surface area contributed by atoms with Crippen LogP contribution in [0.4, 0.5) is 0 Å². The Hall–Kier alpha value is -0.930. The Bertz CT molecular complexity index is 637. The minimum absolute atomic E-state index is 0. The minimum Gasteiger partial charge on any atom is -0.493 e. The van der Waals surface area contributed by atoms with Crippen LogP contribution in [0, 0.1) is 0 Å². The fourth-order valence-corrected chi connectivity index (χ4v) is 3.74. The van der Waals surface area contributed by atoms with Gasteiger partial charge in [-0.1, -0.05) is 18.5 Å². The molecule has 1 aliphatic heterocycles. The summed E-state index contributed by atoms with van der Waals surface area (Å²) in [6, 6.07) is 4.29. The van der Waals surface area contributed by atoms with E-state index in [0.717, 1.165) is 44.0 Å². The predicted octanol–water partition coefficient (Wildman–Crippen LogP) is 4.29. The van der Waals surface area contributed by atoms with E-state index in [0.29, 0.717) is 35.7 Å². The molecule has 1 aromatic rings. The summed E-state index contributed by atoms with van der Waals surface area (Å²) in [4.78, 5) is 7.29. The molecule has 0 bridgehead atoms. The summed E-state index contributed by atoms with van der Waals surface area (Å²) >= 11 is 6.37. The van der Waals surface area contributed by atoms with Crippen molar-refractivity contribution in [3.05, 3.63) is 22.7 Å². The van der Waals surface area contributed by atoms with E-state index in [1.165, 1.54) is 13.0 Å². The number of nitrogens with zero attached hydrogens (tertiary/aromatic N) is 2. The lowest BCUT2D eigenvalue weighted by molar-refractivity contribution is 0.206. The van der Waals surface area contributed by atoms with Gasteiger partial charge in [0.1, 0.15) is 0 Å². The quantitative estimate of drug-likeness (QED) is 0.279. The Morgan fingerprint density at radius 2 is 1.97 bits per heavy atom. The molecule has 166 valence electrons. The summed E-state index contributed by atoms with van der Waals surface area (Å²) in [6.07, 6.45) is 3.51. The van der Waals surface area contributed by atoms with Gasteiger partial charge in [-0.2, -0.15) is 0 Å². The first-order chi connectivity index (χ1) is 13.6. The Balaban J connectivity index is 0.00000420. The van der Waals surface area contributed by atoms with E-state index in [1.54, 1.807) is 7.11 Å². The number of piperidine rings is 1. The number of rotatable bonds is 9. The maximum absolute atomic E-state index is 6.37. The van der Waals surface area contributed by atoms with Gasteiger partial charge in [0, 0.05) is 25.7 Å². The Kier molecular flexibility index (Phi) is 12.7. The van der Waals surface area contributed by atoms with Crippen LogP contribution in [0.5, 0.6) is 11.5 Å². The third kappa shape index (κ3) is 8.38. The number of methoxy groups -OCH3 is 1. The molecule has 0 unspecified atom stereocenters. The van der Waals surface area contributed by atoms with E-state index >= 15 is 0 Å². The van der Waals surface area contributed by atoms with Crippen molar-refractivity contribution in [3.8, 4) is 11.5 Å². The number of guanidine groups is 1. The van der Waals surface area contributed by atoms with Crippen molar-refractivity contribution < 1.29 is 9.47 Å². The zero-order valence-electron chi connectivity index (χ0n) is 18.1. The monoisotopic (exact) mass is 538 g/mol. The van der Waals surface area contributed by atoms with Crippen molar-refractivity contribution in [2.45, 2.75) is 52.6 Å². The largest absolute Gasteiger partial charge is 0.493 e. The van der Waals surface area contributed by atoms with Crippen LogP contribution in [0.25, 0.3) is 0 Å². The molecular formula is C21H36ClIN4O2. The normalized spacial score (nSPS) is 15.6. The SMILES string of the molecule is CCCN1CCC(NC(=NCc2cc(Cl)c(OCC)c(OC)c2)NCC)CC1.I. The van der Waals surface area contributed by atoms with Crippen LogP contribution in [-0.2, 0) is 6.54 Å². The van der Waals surface area contributed by atoms with Gasteiger partial charge in [-0.05, 0) is 57.4 Å². The lowest BCUT2D eigenvalue weighted by Gasteiger charge is -2.32. The van der Waals surface area contributed by atoms with Crippen molar-refractivity contribution in [1.82, 2.24) is 15.5 Å². The summed E-state index contributed by atoms with van der Waals surface area (Å²) in [6.45, 7) is 11.6. The summed E-state index contributed by atoms with van der Waals surface area (Å²) < 4.78 is 11.0. The molecule has 0 amide bonds. The Morgan fingerprint density at radius 3 is 2.55 bits per heavy atom. The molecule has 0 atom stereocenters. The molecule has 0 aliphatic carbocycles. The van der Waals surface area contributed by atoms with Crippen LogP contribution in [-0.4, -0.2) is 56.8 Å². The van der Waals surface area contributed by atoms with Gasteiger partial charge < -0.3 is 25.0 Å². The lowest BCUT2D eigenvalue weighted by atomic mass is 10.1. The number of nitrogens with one attached hydrogen (secondary N) is 2. The van der Waals surface area contributed by atoms with E-state index in [4.69, 9.17) is 26.1 Å². The Morgan fingerprint density at radius 1 is 1.24 bits per heavy atom. The number of ether oxygens (including phenoxy) is 2. The van der Waals surface area contributed by atoms with Crippen LogP contribution in [0.2, 0.25) is 5.02 Å². The van der Waals surface area contributed by atoms with Gasteiger partial charge in [-0.3, -0.25) is 0 Å². The molecule has 1 saturated heterocycles. The molecule has 0 aromatic heterocycles. The predicted molar refractivity (Wildman–Crippen MR) is 132 cm³/mol. The second-order valence-corrected chi connectivity index (χ2v) is 7.40. The van der Waals surface area contributed by atoms with E-state index in [9.17, 15) is 0 Å². The van der Waals surface area contributed by atoms with Gasteiger partial charge in [0.05, 0.1) is 25.3 Å². The van der Waals surface area contributed by atoms with Crippen LogP contribution >= 0.6 is 35.6 Å². The fraction of sp³-hybridized carbons (Fsp3) is 0.667. The first kappa shape index (κ1) is 26.1. The summed E-state index contributed by atoms with van der Waals surface area (Å²) in [7, 11) is 1.62. The number of halogens is 2. The first-order valence-electron chi connectivity index (χ1n) is 10.4. The lowest BCUT2D eigenvalue weighted by Crippen LogP contribution is -2.48. The molecule has 1 aromatic carbocycles. The molecule has 0 spiro atoms. The van der Waals surface area contributed by atoms with Crippen LogP contribution in [0.1, 0.15) is 45.6 Å². The maximum atomic E-state index is 6.37. The van der Waals surface area contributed by atoms with Crippen molar-refractivity contribution >= 4 is 41.5 Å². The molecule has 0 saturated carbocycles. The number of aliphatic imine (C=N–C) groups is 1. The number of hydrogen-bond acceptors (Lipinski definition) is 4. The van der Waals surface area contributed by atoms with Crippen molar-refractivity contribution in [1.29, 1.82) is 0 Å². The molecular weight excluding hydrogens is 503 g/mol. The average molecular weight is 539 g/mol. The van der Waals surface area contributed by atoms with Gasteiger partial charge >= 0.3 is 0 Å². The molecule has 29 heavy (non-hydrogen) atoms. The standard InChI is InChI=1S/C21H35ClN4O2.HI/c1-5-10-26-11-8-17(9-12-26)25-21(23-6-2)24-15-16-13-18(22)20(28-7-3)19(14-16)27-4;/h13-14,17H,5-12,15H2,1-4H3,(H2,23,24,25);1H. The van der Waals surface area contributed by atoms with E-state index in [1.807, 2.05) is 19.1 Å². The van der Waals surface area contributed by atoms with Crippen LogP contribution in [0.15, 0.2) is 17.1 Å². The highest BCUT2D eigenvalue weighted by Gasteiger charge is 2.19. The topological polar surface area (TPSA) is 58.1 Å². The van der Waals surface area contributed by atoms with Gasteiger partial charge in [-0.15, -0.1) is 24.0 Å². The summed E-state index contributed by atoms with van der Waals surface area (Å²) in [5.74, 6) is 2.07. The van der Waals surface area contributed by atoms with Crippen LogP contribution < -0.4 is 20.1 Å². The van der Waals surface area contributed by atoms with Gasteiger partial charge in [0.2, 0.25) is 0 Å². The highest BCUT2D eigenvalue weighted by Crippen LogP contribution is 2.36. The summed E-state index contributed by atoms with van der Waals surface area (Å²) in [5, 5.41) is 7.48. The number of hydrogen-bond donors (Lipinski definition) is 2. The second-order valence-electron chi connectivity index (χ2n) is 7.00. The third-order valence-corrected chi connectivity index (χ3v) is 5.09. The highest BCUT2D eigenvalue weighted by molar-refractivity contribution is 14.0. The molecule has 2 N–H and O–H groups in total. The van der Waals surface area contributed by atoms with Crippen LogP contribution in [0.3, 0.4) is 0 Å². The van der Waals surface area contributed by atoms with Gasteiger partial charge in [0.15, 0.2) is 17.5 Å². The third-order valence-electron chi connectivity index (χ3n) is 4.81. The number of benzene rings is 1. The zero-order valence-corrected chi connectivity index (χ0v) is 21.2. The van der Waals surface area contributed by atoms with Crippen molar-refractivity contribution in [2.75, 3.05) is 39.9 Å². The van der Waals surface area contributed by atoms with Gasteiger partial charge in [-0.25, -0.2) is 4.99 Å². The first-order valence-corrected chi connectivity index (χ1v) is 10.7. The smallest absolute Gasteiger partial charge is 0.191 e. The fourth-order valence-electron chi connectivity index (χ4n) is 3.45. The summed E-state index contributed by atoms with van der Waals surface area (Å²) in [5.41, 5.74) is 0.986. The molecule has 8 heteroatoms. The zero-order chi connectivity index (χ0) is 20.4. The average Bonchev–Trinajstić information content (AvgIpc) is 2.69. The molecule has 0 radical (unpaired) electrons. The van der Waals surface area contributed by atoms with E-state index < -0.39 is 0 Å². The van der Waals surface area contributed by atoms with Gasteiger partial charge in [0.25, 0.3) is 0 Å². The molecule has 2 rings (SSSR count). The maximum Gasteiger partial charge on any atom is 0.191 e. The molecule has 1 heterocycles. The van der Waals surface area contributed by atoms with Crippen molar-refractivity contribution in [3.63, 3.8) is 0 Å². The highest BCUT2D eigenvalue weighted by atomic mass is 127.